The molecule has 0 amide bonds. The molecule has 0 saturated carbocycles. The molecule has 84 valence electrons. The van der Waals surface area contributed by atoms with Gasteiger partial charge in [0.05, 0.1) is 7.11 Å². The van der Waals surface area contributed by atoms with E-state index in [1.54, 1.807) is 6.92 Å². The highest BCUT2D eigenvalue weighted by Crippen LogP contribution is 2.35. The highest BCUT2D eigenvalue weighted by atomic mass is 127. The summed E-state index contributed by atoms with van der Waals surface area (Å²) in [5.41, 5.74) is 0. The summed E-state index contributed by atoms with van der Waals surface area (Å²) in [5.74, 6) is -5.74. The lowest BCUT2D eigenvalue weighted by Gasteiger charge is -2.26. The molecule has 0 aromatic carbocycles. The molecule has 0 fully saturated rings. The van der Waals surface area contributed by atoms with E-state index < -0.39 is 17.8 Å². The molecule has 0 saturated heterocycles. The number of carbonyl (C=O) groups is 1. The number of methoxy groups -OCH3 is 1. The van der Waals surface area contributed by atoms with Crippen molar-refractivity contribution in [2.24, 2.45) is 5.92 Å². The van der Waals surface area contributed by atoms with E-state index in [1.165, 1.54) is 0 Å². The molecular weight excluding hydrogens is 305 g/mol. The van der Waals surface area contributed by atoms with Crippen molar-refractivity contribution in [2.45, 2.75) is 36.5 Å². The normalized spacial score (nSPS) is 16.1. The van der Waals surface area contributed by atoms with Crippen LogP contribution in [-0.2, 0) is 9.53 Å². The molecule has 0 spiro atoms. The first-order chi connectivity index (χ1) is 6.41. The molecule has 0 N–H and O–H groups in total. The molecule has 5 heteroatoms. The smallest absolute Gasteiger partial charge is 0.377 e. The molecule has 0 bridgehead atoms. The van der Waals surface area contributed by atoms with Gasteiger partial charge in [-0.25, -0.2) is 4.79 Å². The van der Waals surface area contributed by atoms with Gasteiger partial charge in [0.1, 0.15) is 0 Å². The molecule has 0 radical (unpaired) electrons. The maximum absolute atomic E-state index is 13.4. The summed E-state index contributed by atoms with van der Waals surface area (Å²) in [4.78, 5) is 10.9. The maximum Gasteiger partial charge on any atom is 0.377 e. The first kappa shape index (κ1) is 14.1. The third kappa shape index (κ3) is 3.03. The van der Waals surface area contributed by atoms with Gasteiger partial charge in [-0.1, -0.05) is 36.4 Å². The Morgan fingerprint density at radius 3 is 2.21 bits per heavy atom. The standard InChI is InChI=1S/C9H15F2IO2/c1-4-6(7(12)5-2)9(10,11)8(13)14-3/h6-7H,4-5H2,1-3H3. The van der Waals surface area contributed by atoms with E-state index in [1.807, 2.05) is 29.5 Å². The van der Waals surface area contributed by atoms with E-state index in [9.17, 15) is 13.6 Å². The van der Waals surface area contributed by atoms with Crippen molar-refractivity contribution in [1.82, 2.24) is 0 Å². The van der Waals surface area contributed by atoms with Gasteiger partial charge in [-0.2, -0.15) is 8.78 Å². The Kier molecular flexibility index (Phi) is 5.85. The Labute approximate surface area is 96.5 Å². The van der Waals surface area contributed by atoms with Gasteiger partial charge in [0, 0.05) is 9.84 Å². The minimum atomic E-state index is -3.37. The Morgan fingerprint density at radius 2 is 1.93 bits per heavy atom. The molecule has 0 aromatic heterocycles. The van der Waals surface area contributed by atoms with Crippen molar-refractivity contribution in [3.05, 3.63) is 0 Å². The Balaban J connectivity index is 4.73. The van der Waals surface area contributed by atoms with Gasteiger partial charge >= 0.3 is 11.9 Å². The van der Waals surface area contributed by atoms with Crippen molar-refractivity contribution in [3.8, 4) is 0 Å². The number of carbonyl (C=O) groups excluding carboxylic acids is 1. The summed E-state index contributed by atoms with van der Waals surface area (Å²) in [6.45, 7) is 3.48. The molecule has 2 atom stereocenters. The van der Waals surface area contributed by atoms with E-state index in [0.29, 0.717) is 6.42 Å². The number of rotatable bonds is 5. The van der Waals surface area contributed by atoms with Gasteiger partial charge in [0.15, 0.2) is 0 Å². The monoisotopic (exact) mass is 320 g/mol. The summed E-state index contributed by atoms with van der Waals surface area (Å²) in [6.07, 6.45) is 0.884. The number of ether oxygens (including phenoxy) is 1. The predicted molar refractivity (Wildman–Crippen MR) is 58.8 cm³/mol. The van der Waals surface area contributed by atoms with Gasteiger partial charge in [0.25, 0.3) is 0 Å². The summed E-state index contributed by atoms with van der Waals surface area (Å²) in [5, 5.41) is 0. The van der Waals surface area contributed by atoms with Crippen molar-refractivity contribution in [3.63, 3.8) is 0 Å². The second-order valence-electron chi connectivity index (χ2n) is 3.05. The highest BCUT2D eigenvalue weighted by molar-refractivity contribution is 14.1. The summed E-state index contributed by atoms with van der Waals surface area (Å²) < 4.78 is 30.8. The van der Waals surface area contributed by atoms with Crippen LogP contribution in [0, 0.1) is 5.92 Å². The van der Waals surface area contributed by atoms with Crippen molar-refractivity contribution >= 4 is 28.6 Å². The Bertz CT molecular complexity index is 197. The molecule has 2 unspecified atom stereocenters. The second-order valence-corrected chi connectivity index (χ2v) is 4.65. The minimum absolute atomic E-state index is 0.216. The van der Waals surface area contributed by atoms with E-state index >= 15 is 0 Å². The van der Waals surface area contributed by atoms with E-state index in [4.69, 9.17) is 0 Å². The van der Waals surface area contributed by atoms with Crippen LogP contribution in [0.15, 0.2) is 0 Å². The van der Waals surface area contributed by atoms with Crippen LogP contribution in [0.3, 0.4) is 0 Å². The largest absolute Gasteiger partial charge is 0.465 e. The van der Waals surface area contributed by atoms with Crippen LogP contribution in [0.5, 0.6) is 0 Å². The molecule has 0 aromatic rings. The number of halogens is 3. The van der Waals surface area contributed by atoms with Crippen LogP contribution in [0.4, 0.5) is 8.78 Å². The SMILES string of the molecule is CCC(I)C(CC)C(F)(F)C(=O)OC. The van der Waals surface area contributed by atoms with Crippen LogP contribution in [0.25, 0.3) is 0 Å². The highest BCUT2D eigenvalue weighted by Gasteiger charge is 2.49. The second kappa shape index (κ2) is 5.82. The lowest BCUT2D eigenvalue weighted by atomic mass is 9.93. The van der Waals surface area contributed by atoms with E-state index in [0.717, 1.165) is 7.11 Å². The molecule has 0 aliphatic carbocycles. The summed E-state index contributed by atoms with van der Waals surface area (Å²) in [6, 6.07) is 0. The van der Waals surface area contributed by atoms with Gasteiger partial charge < -0.3 is 4.74 Å². The van der Waals surface area contributed by atoms with Crippen LogP contribution in [0.1, 0.15) is 26.7 Å². The van der Waals surface area contributed by atoms with E-state index in [-0.39, 0.29) is 10.3 Å². The fraction of sp³-hybridized carbons (Fsp3) is 0.889. The first-order valence-corrected chi connectivity index (χ1v) is 5.76. The number of hydrogen-bond acceptors (Lipinski definition) is 2. The molecule has 14 heavy (non-hydrogen) atoms. The lowest BCUT2D eigenvalue weighted by Crippen LogP contribution is -2.42. The third-order valence-electron chi connectivity index (χ3n) is 2.19. The van der Waals surface area contributed by atoms with Gasteiger partial charge in [-0.15, -0.1) is 0 Å². The maximum atomic E-state index is 13.4. The zero-order chi connectivity index (χ0) is 11.4. The van der Waals surface area contributed by atoms with Crippen molar-refractivity contribution in [2.75, 3.05) is 7.11 Å². The average molecular weight is 320 g/mol. The lowest BCUT2D eigenvalue weighted by molar-refractivity contribution is -0.177. The quantitative estimate of drug-likeness (QED) is 0.442. The fourth-order valence-electron chi connectivity index (χ4n) is 1.31. The van der Waals surface area contributed by atoms with Gasteiger partial charge in [-0.3, -0.25) is 0 Å². The molecule has 0 rings (SSSR count). The zero-order valence-corrected chi connectivity index (χ0v) is 10.7. The third-order valence-corrected chi connectivity index (χ3v) is 3.94. The average Bonchev–Trinajstić information content (AvgIpc) is 2.16. The topological polar surface area (TPSA) is 26.3 Å². The molecule has 0 aliphatic rings. The van der Waals surface area contributed by atoms with E-state index in [2.05, 4.69) is 4.74 Å². The number of esters is 1. The van der Waals surface area contributed by atoms with Gasteiger partial charge in [-0.05, 0) is 12.8 Å². The van der Waals surface area contributed by atoms with Crippen molar-refractivity contribution in [1.29, 1.82) is 0 Å². The zero-order valence-electron chi connectivity index (χ0n) is 8.52. The van der Waals surface area contributed by atoms with Crippen LogP contribution >= 0.6 is 22.6 Å². The fourth-order valence-corrected chi connectivity index (χ4v) is 2.27. The van der Waals surface area contributed by atoms with Gasteiger partial charge in [0.2, 0.25) is 0 Å². The van der Waals surface area contributed by atoms with Crippen LogP contribution < -0.4 is 0 Å². The summed E-state index contributed by atoms with van der Waals surface area (Å²) in [7, 11) is 0.983. The Hall–Kier alpha value is 0.0600. The number of alkyl halides is 3. The molecule has 0 heterocycles. The molecule has 2 nitrogen and oxygen atoms in total. The number of hydrogen-bond donors (Lipinski definition) is 0. The molecular formula is C9H15F2IO2. The summed E-state index contributed by atoms with van der Waals surface area (Å²) >= 11 is 1.95. The van der Waals surface area contributed by atoms with Crippen LogP contribution in [0.2, 0.25) is 0 Å². The van der Waals surface area contributed by atoms with Crippen molar-refractivity contribution < 1.29 is 18.3 Å². The first-order valence-electron chi connectivity index (χ1n) is 4.52. The minimum Gasteiger partial charge on any atom is -0.465 e. The Morgan fingerprint density at radius 1 is 1.43 bits per heavy atom. The van der Waals surface area contributed by atoms with Crippen LogP contribution in [-0.4, -0.2) is 22.9 Å². The molecule has 0 aliphatic heterocycles. The predicted octanol–water partition coefficient (Wildman–Crippen LogP) is 3.03.